The van der Waals surface area contributed by atoms with Crippen LogP contribution < -0.4 is 0 Å². The molecule has 7 heteroatoms. The molecule has 2 rings (SSSR count). The number of aryl methyl sites for hydroxylation is 1. The molecule has 5 nitrogen and oxygen atoms in total. The van der Waals surface area contributed by atoms with Gasteiger partial charge in [-0.1, -0.05) is 5.21 Å². The summed E-state index contributed by atoms with van der Waals surface area (Å²) in [6.45, 7) is 0.603. The van der Waals surface area contributed by atoms with Crippen molar-refractivity contribution in [1.82, 2.24) is 15.0 Å². The first kappa shape index (κ1) is 13.5. The van der Waals surface area contributed by atoms with E-state index >= 15 is 0 Å². The highest BCUT2D eigenvalue weighted by Gasteiger charge is 2.10. The second-order valence-electron chi connectivity index (χ2n) is 3.66. The van der Waals surface area contributed by atoms with Crippen molar-refractivity contribution in [1.29, 1.82) is 0 Å². The summed E-state index contributed by atoms with van der Waals surface area (Å²) in [5.41, 5.74) is 0.189. The number of thioether (sulfide) groups is 1. The average molecular weight is 281 g/mol. The number of carbonyl (C=O) groups is 1. The number of methoxy groups -OCH3 is 1. The zero-order chi connectivity index (χ0) is 13.7. The Balaban J connectivity index is 1.84. The van der Waals surface area contributed by atoms with Gasteiger partial charge in [0.2, 0.25) is 0 Å². The lowest BCUT2D eigenvalue weighted by atomic mass is 10.4. The molecular weight excluding hydrogens is 269 g/mol. The fourth-order valence-corrected chi connectivity index (χ4v) is 2.24. The predicted octanol–water partition coefficient (Wildman–Crippen LogP) is 2.00. The molecule has 0 unspecified atom stereocenters. The largest absolute Gasteiger partial charge is 0.464 e. The van der Waals surface area contributed by atoms with E-state index in [4.69, 9.17) is 0 Å². The quantitative estimate of drug-likeness (QED) is 0.619. The topological polar surface area (TPSA) is 57.0 Å². The van der Waals surface area contributed by atoms with Crippen LogP contribution in [-0.2, 0) is 11.3 Å². The van der Waals surface area contributed by atoms with Gasteiger partial charge in [-0.15, -0.1) is 16.9 Å². The number of halogens is 1. The number of aromatic nitrogens is 3. The van der Waals surface area contributed by atoms with Crippen LogP contribution in [0.25, 0.3) is 0 Å². The van der Waals surface area contributed by atoms with Crippen LogP contribution in [0.1, 0.15) is 10.5 Å². The number of nitrogens with zero attached hydrogens (tertiary/aromatic N) is 3. The summed E-state index contributed by atoms with van der Waals surface area (Å²) in [5.74, 6) is -0.00363. The molecule has 2 aromatic rings. The predicted molar refractivity (Wildman–Crippen MR) is 68.5 cm³/mol. The molecule has 0 radical (unpaired) electrons. The Kier molecular flexibility index (Phi) is 4.51. The van der Waals surface area contributed by atoms with Gasteiger partial charge >= 0.3 is 5.97 Å². The second kappa shape index (κ2) is 6.33. The summed E-state index contributed by atoms with van der Waals surface area (Å²) >= 11 is 1.58. The van der Waals surface area contributed by atoms with Crippen LogP contribution in [-0.4, -0.2) is 33.8 Å². The standard InChI is InChI=1S/C12H12FN3O2S/c1-18-12(17)11-8-16(15-14-11)6-7-19-10-4-2-9(13)3-5-10/h2-5,8H,6-7H2,1H3. The second-order valence-corrected chi connectivity index (χ2v) is 4.83. The molecule has 1 heterocycles. The van der Waals surface area contributed by atoms with Crippen LogP contribution in [0, 0.1) is 5.82 Å². The highest BCUT2D eigenvalue weighted by molar-refractivity contribution is 7.99. The van der Waals surface area contributed by atoms with E-state index < -0.39 is 5.97 Å². The van der Waals surface area contributed by atoms with E-state index in [1.807, 2.05) is 0 Å². The fraction of sp³-hybridized carbons (Fsp3) is 0.250. The van der Waals surface area contributed by atoms with Crippen molar-refractivity contribution in [2.45, 2.75) is 11.4 Å². The van der Waals surface area contributed by atoms with Gasteiger partial charge in [-0.2, -0.15) is 0 Å². The molecule has 0 aliphatic carbocycles. The molecule has 1 aromatic heterocycles. The van der Waals surface area contributed by atoms with Crippen LogP contribution in [0.2, 0.25) is 0 Å². The lowest BCUT2D eigenvalue weighted by molar-refractivity contribution is 0.0594. The number of rotatable bonds is 5. The molecule has 0 saturated carbocycles. The van der Waals surface area contributed by atoms with E-state index in [0.717, 1.165) is 10.6 Å². The molecule has 100 valence electrons. The Bertz CT molecular complexity index is 556. The number of hydrogen-bond donors (Lipinski definition) is 0. The molecule has 0 fully saturated rings. The zero-order valence-corrected chi connectivity index (χ0v) is 11.1. The molecule has 1 aromatic carbocycles. The van der Waals surface area contributed by atoms with Crippen molar-refractivity contribution in [2.75, 3.05) is 12.9 Å². The minimum Gasteiger partial charge on any atom is -0.464 e. The van der Waals surface area contributed by atoms with Gasteiger partial charge in [0.25, 0.3) is 0 Å². The van der Waals surface area contributed by atoms with Crippen LogP contribution in [0.15, 0.2) is 35.4 Å². The summed E-state index contributed by atoms with van der Waals surface area (Å²) in [7, 11) is 1.30. The molecule has 0 aliphatic heterocycles. The molecule has 0 aliphatic rings. The first-order chi connectivity index (χ1) is 9.19. The fourth-order valence-electron chi connectivity index (χ4n) is 1.39. The minimum absolute atomic E-state index is 0.189. The van der Waals surface area contributed by atoms with Crippen molar-refractivity contribution in [3.05, 3.63) is 42.0 Å². The van der Waals surface area contributed by atoms with E-state index in [1.165, 1.54) is 25.4 Å². The third-order valence-electron chi connectivity index (χ3n) is 2.34. The van der Waals surface area contributed by atoms with E-state index in [0.29, 0.717) is 6.54 Å². The SMILES string of the molecule is COC(=O)c1cn(CCSc2ccc(F)cc2)nn1. The first-order valence-corrected chi connectivity index (χ1v) is 6.54. The van der Waals surface area contributed by atoms with Gasteiger partial charge in [0.15, 0.2) is 5.69 Å². The molecule has 0 saturated heterocycles. The Hall–Kier alpha value is -1.89. The van der Waals surface area contributed by atoms with Crippen molar-refractivity contribution < 1.29 is 13.9 Å². The van der Waals surface area contributed by atoms with Crippen molar-refractivity contribution >= 4 is 17.7 Å². The smallest absolute Gasteiger partial charge is 0.360 e. The molecule has 19 heavy (non-hydrogen) atoms. The maximum atomic E-state index is 12.7. The van der Waals surface area contributed by atoms with Gasteiger partial charge in [-0.05, 0) is 24.3 Å². The van der Waals surface area contributed by atoms with Gasteiger partial charge in [0, 0.05) is 10.6 Å². The Morgan fingerprint density at radius 2 is 2.16 bits per heavy atom. The average Bonchev–Trinajstić information content (AvgIpc) is 2.89. The zero-order valence-electron chi connectivity index (χ0n) is 10.2. The van der Waals surface area contributed by atoms with Gasteiger partial charge < -0.3 is 4.74 Å². The molecule has 0 bridgehead atoms. The summed E-state index contributed by atoms with van der Waals surface area (Å²) in [5, 5.41) is 7.53. The first-order valence-electron chi connectivity index (χ1n) is 5.56. The minimum atomic E-state index is -0.502. The Morgan fingerprint density at radius 3 is 2.84 bits per heavy atom. The van der Waals surface area contributed by atoms with Crippen LogP contribution >= 0.6 is 11.8 Å². The van der Waals surface area contributed by atoms with Crippen LogP contribution in [0.4, 0.5) is 4.39 Å². The number of carbonyl (C=O) groups excluding carboxylic acids is 1. The number of hydrogen-bond acceptors (Lipinski definition) is 5. The van der Waals surface area contributed by atoms with E-state index in [2.05, 4.69) is 15.0 Å². The molecule has 0 spiro atoms. The molecule has 0 amide bonds. The van der Waals surface area contributed by atoms with E-state index in [-0.39, 0.29) is 11.5 Å². The van der Waals surface area contributed by atoms with Crippen molar-refractivity contribution in [2.24, 2.45) is 0 Å². The third kappa shape index (κ3) is 3.78. The van der Waals surface area contributed by atoms with Crippen molar-refractivity contribution in [3.8, 4) is 0 Å². The van der Waals surface area contributed by atoms with E-state index in [9.17, 15) is 9.18 Å². The summed E-state index contributed by atoms with van der Waals surface area (Å²) in [6.07, 6.45) is 1.54. The summed E-state index contributed by atoms with van der Waals surface area (Å²) in [6, 6.07) is 6.29. The van der Waals surface area contributed by atoms with Gasteiger partial charge in [0.1, 0.15) is 5.82 Å². The molecule has 0 atom stereocenters. The lowest BCUT2D eigenvalue weighted by Crippen LogP contribution is -2.02. The van der Waals surface area contributed by atoms with Gasteiger partial charge in [-0.25, -0.2) is 9.18 Å². The normalized spacial score (nSPS) is 10.4. The summed E-state index contributed by atoms with van der Waals surface area (Å²) in [4.78, 5) is 12.2. The highest BCUT2D eigenvalue weighted by Crippen LogP contribution is 2.18. The molecular formula is C12H12FN3O2S. The third-order valence-corrected chi connectivity index (χ3v) is 3.33. The number of esters is 1. The maximum absolute atomic E-state index is 12.7. The monoisotopic (exact) mass is 281 g/mol. The van der Waals surface area contributed by atoms with Gasteiger partial charge in [-0.3, -0.25) is 4.68 Å². The summed E-state index contributed by atoms with van der Waals surface area (Å²) < 4.78 is 18.8. The maximum Gasteiger partial charge on any atom is 0.360 e. The lowest BCUT2D eigenvalue weighted by Gasteiger charge is -2.01. The highest BCUT2D eigenvalue weighted by atomic mass is 32.2. The van der Waals surface area contributed by atoms with Crippen LogP contribution in [0.5, 0.6) is 0 Å². The van der Waals surface area contributed by atoms with E-state index in [1.54, 1.807) is 28.6 Å². The van der Waals surface area contributed by atoms with Gasteiger partial charge in [0.05, 0.1) is 19.9 Å². The van der Waals surface area contributed by atoms with Crippen molar-refractivity contribution in [3.63, 3.8) is 0 Å². The number of benzene rings is 1. The van der Waals surface area contributed by atoms with Crippen LogP contribution in [0.3, 0.4) is 0 Å². The Morgan fingerprint density at radius 1 is 1.42 bits per heavy atom. The Labute approximate surface area is 113 Å². The number of ether oxygens (including phenoxy) is 1. The molecule has 0 N–H and O–H groups in total.